The van der Waals surface area contributed by atoms with Gasteiger partial charge in [-0.05, 0) is 32.0 Å². The van der Waals surface area contributed by atoms with E-state index >= 15 is 0 Å². The number of benzene rings is 1. The van der Waals surface area contributed by atoms with Crippen molar-refractivity contribution in [3.05, 3.63) is 59.2 Å². The van der Waals surface area contributed by atoms with Gasteiger partial charge in [0, 0.05) is 12.3 Å². The highest BCUT2D eigenvalue weighted by Gasteiger charge is 2.29. The Labute approximate surface area is 119 Å². The van der Waals surface area contributed by atoms with Crippen LogP contribution in [0, 0.1) is 18.6 Å². The predicted molar refractivity (Wildman–Crippen MR) is 70.9 cm³/mol. The molecule has 1 unspecified atom stereocenters. The van der Waals surface area contributed by atoms with Gasteiger partial charge in [0.05, 0.1) is 11.3 Å². The first-order valence-electron chi connectivity index (χ1n) is 6.19. The maximum absolute atomic E-state index is 13.7. The predicted octanol–water partition coefficient (Wildman–Crippen LogP) is 2.62. The molecule has 0 amide bonds. The van der Waals surface area contributed by atoms with Crippen molar-refractivity contribution in [1.29, 1.82) is 0 Å². The Morgan fingerprint density at radius 2 is 1.90 bits per heavy atom. The van der Waals surface area contributed by atoms with E-state index in [9.17, 15) is 18.4 Å². The Hall–Kier alpha value is -2.50. The Bertz CT molecular complexity index is 717. The van der Waals surface area contributed by atoms with Gasteiger partial charge in [0.1, 0.15) is 29.2 Å². The van der Waals surface area contributed by atoms with E-state index in [1.54, 1.807) is 6.92 Å². The molecule has 6 heteroatoms. The van der Waals surface area contributed by atoms with Crippen LogP contribution in [0.25, 0.3) is 0 Å². The first-order valence-corrected chi connectivity index (χ1v) is 6.19. The molecule has 2 aromatic rings. The van der Waals surface area contributed by atoms with E-state index in [0.29, 0.717) is 11.9 Å². The molecule has 0 aliphatic heterocycles. The SMILES string of the molecule is CC(=O)C(C(=O)c1ccc(F)cc1F)c1ccnc(C)n1. The van der Waals surface area contributed by atoms with E-state index in [2.05, 4.69) is 9.97 Å². The standard InChI is InChI=1S/C15H12F2N2O2/c1-8(20)14(13-5-6-18-9(2)19-13)15(21)11-4-3-10(16)7-12(11)17/h3-7,14H,1-2H3. The van der Waals surface area contributed by atoms with Gasteiger partial charge in [-0.2, -0.15) is 0 Å². The minimum absolute atomic E-state index is 0.198. The number of aryl methyl sites for hydroxylation is 1. The van der Waals surface area contributed by atoms with Crippen molar-refractivity contribution in [3.8, 4) is 0 Å². The van der Waals surface area contributed by atoms with Crippen LogP contribution in [0.3, 0.4) is 0 Å². The van der Waals surface area contributed by atoms with Crippen molar-refractivity contribution < 1.29 is 18.4 Å². The number of Topliss-reactive ketones (excluding diaryl/α,β-unsaturated/α-hetero) is 2. The molecule has 0 aliphatic carbocycles. The maximum Gasteiger partial charge on any atom is 0.182 e. The summed E-state index contributed by atoms with van der Waals surface area (Å²) in [5, 5.41) is 0. The van der Waals surface area contributed by atoms with Crippen molar-refractivity contribution in [2.75, 3.05) is 0 Å². The van der Waals surface area contributed by atoms with Gasteiger partial charge in [-0.15, -0.1) is 0 Å². The second kappa shape index (κ2) is 5.87. The van der Waals surface area contributed by atoms with Gasteiger partial charge in [0.15, 0.2) is 5.78 Å². The number of hydrogen-bond donors (Lipinski definition) is 0. The summed E-state index contributed by atoms with van der Waals surface area (Å²) in [6.45, 7) is 2.84. The summed E-state index contributed by atoms with van der Waals surface area (Å²) in [4.78, 5) is 32.1. The number of halogens is 2. The Kier molecular flexibility index (Phi) is 4.16. The number of rotatable bonds is 4. The quantitative estimate of drug-likeness (QED) is 0.641. The Balaban J connectivity index is 2.48. The van der Waals surface area contributed by atoms with Gasteiger partial charge in [-0.1, -0.05) is 0 Å². The lowest BCUT2D eigenvalue weighted by molar-refractivity contribution is -0.117. The molecule has 1 aromatic heterocycles. The molecule has 2 rings (SSSR count). The second-order valence-electron chi connectivity index (χ2n) is 4.56. The zero-order chi connectivity index (χ0) is 15.6. The van der Waals surface area contributed by atoms with Crippen molar-refractivity contribution in [2.45, 2.75) is 19.8 Å². The minimum atomic E-state index is -1.23. The molecule has 0 fully saturated rings. The second-order valence-corrected chi connectivity index (χ2v) is 4.56. The van der Waals surface area contributed by atoms with Gasteiger partial charge in [0.25, 0.3) is 0 Å². The van der Waals surface area contributed by atoms with Gasteiger partial charge >= 0.3 is 0 Å². The number of aromatic nitrogens is 2. The summed E-state index contributed by atoms with van der Waals surface area (Å²) >= 11 is 0. The van der Waals surface area contributed by atoms with E-state index in [0.717, 1.165) is 12.1 Å². The Morgan fingerprint density at radius 3 is 2.48 bits per heavy atom. The number of hydrogen-bond acceptors (Lipinski definition) is 4. The van der Waals surface area contributed by atoms with Crippen molar-refractivity contribution in [1.82, 2.24) is 9.97 Å². The van der Waals surface area contributed by atoms with Crippen LogP contribution in [0.4, 0.5) is 8.78 Å². The summed E-state index contributed by atoms with van der Waals surface area (Å²) < 4.78 is 26.6. The van der Waals surface area contributed by atoms with Crippen LogP contribution in [-0.2, 0) is 4.79 Å². The highest BCUT2D eigenvalue weighted by Crippen LogP contribution is 2.22. The van der Waals surface area contributed by atoms with Gasteiger partial charge in [-0.3, -0.25) is 9.59 Å². The molecule has 1 atom stereocenters. The van der Waals surface area contributed by atoms with Gasteiger partial charge in [-0.25, -0.2) is 18.7 Å². The number of nitrogens with zero attached hydrogens (tertiary/aromatic N) is 2. The molecule has 0 N–H and O–H groups in total. The van der Waals surface area contributed by atoms with Gasteiger partial charge < -0.3 is 0 Å². The molecule has 0 saturated heterocycles. The zero-order valence-electron chi connectivity index (χ0n) is 11.4. The third-order valence-electron chi connectivity index (χ3n) is 2.96. The summed E-state index contributed by atoms with van der Waals surface area (Å²) in [7, 11) is 0. The normalized spacial score (nSPS) is 12.0. The first kappa shape index (κ1) is 14.9. The van der Waals surface area contributed by atoms with Crippen LogP contribution in [0.2, 0.25) is 0 Å². The fraction of sp³-hybridized carbons (Fsp3) is 0.200. The molecule has 4 nitrogen and oxygen atoms in total. The zero-order valence-corrected chi connectivity index (χ0v) is 11.4. The molecule has 1 heterocycles. The summed E-state index contributed by atoms with van der Waals surface area (Å²) in [5.41, 5.74) is -0.142. The van der Waals surface area contributed by atoms with Crippen LogP contribution in [0.5, 0.6) is 0 Å². The Morgan fingerprint density at radius 1 is 1.19 bits per heavy atom. The number of ketones is 2. The van der Waals surface area contributed by atoms with Crippen molar-refractivity contribution in [3.63, 3.8) is 0 Å². The molecular formula is C15H12F2N2O2. The van der Waals surface area contributed by atoms with Crippen LogP contribution >= 0.6 is 0 Å². The molecule has 0 bridgehead atoms. The lowest BCUT2D eigenvalue weighted by Crippen LogP contribution is -2.22. The topological polar surface area (TPSA) is 59.9 Å². The van der Waals surface area contributed by atoms with Crippen molar-refractivity contribution in [2.24, 2.45) is 0 Å². The molecule has 0 saturated carbocycles. The average molecular weight is 290 g/mol. The van der Waals surface area contributed by atoms with Crippen LogP contribution in [-0.4, -0.2) is 21.5 Å². The fourth-order valence-electron chi connectivity index (χ4n) is 2.01. The van der Waals surface area contributed by atoms with Crippen LogP contribution in [0.1, 0.15) is 34.7 Å². The fourth-order valence-corrected chi connectivity index (χ4v) is 2.01. The van der Waals surface area contributed by atoms with E-state index in [1.165, 1.54) is 19.2 Å². The molecular weight excluding hydrogens is 278 g/mol. The first-order chi connectivity index (χ1) is 9.90. The summed E-state index contributed by atoms with van der Waals surface area (Å²) in [5.74, 6) is -3.85. The highest BCUT2D eigenvalue weighted by atomic mass is 19.1. The van der Waals surface area contributed by atoms with E-state index in [-0.39, 0.29) is 11.3 Å². The van der Waals surface area contributed by atoms with Crippen LogP contribution in [0.15, 0.2) is 30.5 Å². The van der Waals surface area contributed by atoms with Crippen LogP contribution < -0.4 is 0 Å². The summed E-state index contributed by atoms with van der Waals surface area (Å²) in [6, 6.07) is 4.03. The molecule has 0 aliphatic rings. The monoisotopic (exact) mass is 290 g/mol. The average Bonchev–Trinajstić information content (AvgIpc) is 2.38. The summed E-state index contributed by atoms with van der Waals surface area (Å²) in [6.07, 6.45) is 1.42. The van der Waals surface area contributed by atoms with Crippen molar-refractivity contribution >= 4 is 11.6 Å². The third-order valence-corrected chi connectivity index (χ3v) is 2.96. The lowest BCUT2D eigenvalue weighted by Gasteiger charge is -2.13. The van der Waals surface area contributed by atoms with E-state index in [1.807, 2.05) is 0 Å². The number of carbonyl (C=O) groups excluding carboxylic acids is 2. The molecule has 0 radical (unpaired) electrons. The smallest absolute Gasteiger partial charge is 0.182 e. The lowest BCUT2D eigenvalue weighted by atomic mass is 9.91. The highest BCUT2D eigenvalue weighted by molar-refractivity contribution is 6.14. The van der Waals surface area contributed by atoms with E-state index < -0.39 is 29.1 Å². The maximum atomic E-state index is 13.7. The minimum Gasteiger partial charge on any atom is -0.299 e. The number of carbonyl (C=O) groups is 2. The third kappa shape index (κ3) is 3.16. The molecule has 21 heavy (non-hydrogen) atoms. The molecule has 108 valence electrons. The van der Waals surface area contributed by atoms with Gasteiger partial charge in [0.2, 0.25) is 0 Å². The largest absolute Gasteiger partial charge is 0.299 e. The molecule has 0 spiro atoms. The van der Waals surface area contributed by atoms with E-state index in [4.69, 9.17) is 0 Å². The molecule has 1 aromatic carbocycles.